The topological polar surface area (TPSA) is 66.8 Å². The monoisotopic (exact) mass is 391 g/mol. The van der Waals surface area contributed by atoms with Gasteiger partial charge >= 0.3 is 12.1 Å². The number of carbonyl (C=O) groups is 2. The molecule has 1 unspecified atom stereocenters. The summed E-state index contributed by atoms with van der Waals surface area (Å²) in [6, 6.07) is 16.5. The fourth-order valence-electron chi connectivity index (χ4n) is 5.32. The number of carboxylic acid groups (broad SMARTS) is 1. The Morgan fingerprint density at radius 2 is 1.66 bits per heavy atom. The molecular weight excluding hydrogens is 366 g/mol. The predicted molar refractivity (Wildman–Crippen MR) is 109 cm³/mol. The summed E-state index contributed by atoms with van der Waals surface area (Å²) in [5.41, 5.74) is 3.96. The van der Waals surface area contributed by atoms with E-state index in [9.17, 15) is 14.7 Å². The minimum Gasteiger partial charge on any atom is -0.481 e. The summed E-state index contributed by atoms with van der Waals surface area (Å²) in [7, 11) is 0. The van der Waals surface area contributed by atoms with Gasteiger partial charge < -0.3 is 14.7 Å². The van der Waals surface area contributed by atoms with Crippen LogP contribution in [-0.4, -0.2) is 41.8 Å². The molecule has 1 aliphatic heterocycles. The number of rotatable bonds is 4. The van der Waals surface area contributed by atoms with Gasteiger partial charge in [-0.05, 0) is 47.4 Å². The second-order valence-corrected chi connectivity index (χ2v) is 8.56. The Bertz CT molecular complexity index is 921. The molecule has 1 heterocycles. The summed E-state index contributed by atoms with van der Waals surface area (Å²) in [6.07, 6.45) is 3.12. The zero-order valence-corrected chi connectivity index (χ0v) is 16.3. The fraction of sp³-hybridized carbons (Fsp3) is 0.417. The van der Waals surface area contributed by atoms with Gasteiger partial charge in [0.1, 0.15) is 6.61 Å². The van der Waals surface area contributed by atoms with Crippen molar-refractivity contribution in [1.82, 2.24) is 4.90 Å². The quantitative estimate of drug-likeness (QED) is 0.833. The Hall–Kier alpha value is -2.82. The van der Waals surface area contributed by atoms with E-state index in [0.29, 0.717) is 13.0 Å². The number of carboxylic acids is 1. The van der Waals surface area contributed by atoms with Gasteiger partial charge in [-0.25, -0.2) is 4.79 Å². The van der Waals surface area contributed by atoms with Crippen LogP contribution in [0.3, 0.4) is 0 Å². The summed E-state index contributed by atoms with van der Waals surface area (Å²) in [6.45, 7) is 0.996. The van der Waals surface area contributed by atoms with Gasteiger partial charge in [-0.2, -0.15) is 0 Å². The first kappa shape index (κ1) is 18.2. The Labute approximate surface area is 170 Å². The molecule has 0 radical (unpaired) electrons. The SMILES string of the molecule is O=C(OCC1c2ccccc2-c2ccccc21)N1CCC(C(=O)O)(C2CCC2)C1. The number of aliphatic carboxylic acids is 1. The Kier molecular flexibility index (Phi) is 4.34. The Morgan fingerprint density at radius 1 is 1.03 bits per heavy atom. The molecule has 2 aromatic rings. The molecule has 5 nitrogen and oxygen atoms in total. The third-order valence-corrected chi connectivity index (χ3v) is 7.21. The van der Waals surface area contributed by atoms with Gasteiger partial charge in [0.15, 0.2) is 0 Å². The minimum atomic E-state index is -0.788. The number of ether oxygens (including phenoxy) is 1. The zero-order chi connectivity index (χ0) is 20.0. The molecule has 3 aliphatic rings. The number of fused-ring (bicyclic) bond motifs is 3. The molecule has 150 valence electrons. The van der Waals surface area contributed by atoms with E-state index in [-0.39, 0.29) is 25.0 Å². The molecule has 0 bridgehead atoms. The number of hydrogen-bond acceptors (Lipinski definition) is 3. The average Bonchev–Trinajstić information content (AvgIpc) is 3.26. The van der Waals surface area contributed by atoms with Crippen molar-refractivity contribution in [1.29, 1.82) is 0 Å². The third kappa shape index (κ3) is 2.83. The highest BCUT2D eigenvalue weighted by Gasteiger charge is 2.53. The molecule has 1 saturated heterocycles. The Morgan fingerprint density at radius 3 is 2.21 bits per heavy atom. The molecule has 2 aliphatic carbocycles. The molecule has 1 atom stereocenters. The van der Waals surface area contributed by atoms with Gasteiger partial charge in [0.05, 0.1) is 5.41 Å². The molecule has 2 aromatic carbocycles. The van der Waals surface area contributed by atoms with Crippen LogP contribution in [0, 0.1) is 11.3 Å². The van der Waals surface area contributed by atoms with Crippen LogP contribution in [0.25, 0.3) is 11.1 Å². The molecule has 1 saturated carbocycles. The molecule has 0 spiro atoms. The van der Waals surface area contributed by atoms with E-state index in [1.807, 2.05) is 24.3 Å². The normalized spacial score (nSPS) is 23.4. The number of amides is 1. The van der Waals surface area contributed by atoms with Gasteiger partial charge in [-0.1, -0.05) is 55.0 Å². The van der Waals surface area contributed by atoms with Gasteiger partial charge in [0.25, 0.3) is 0 Å². The first-order valence-corrected chi connectivity index (χ1v) is 10.4. The first-order chi connectivity index (χ1) is 14.1. The van der Waals surface area contributed by atoms with Gasteiger partial charge in [-0.15, -0.1) is 0 Å². The van der Waals surface area contributed by atoms with Gasteiger partial charge in [-0.3, -0.25) is 4.79 Å². The summed E-state index contributed by atoms with van der Waals surface area (Å²) >= 11 is 0. The number of benzene rings is 2. The highest BCUT2D eigenvalue weighted by molar-refractivity contribution is 5.80. The Balaban J connectivity index is 1.30. The van der Waals surface area contributed by atoms with Crippen LogP contribution in [-0.2, 0) is 9.53 Å². The lowest BCUT2D eigenvalue weighted by Crippen LogP contribution is -2.45. The molecule has 5 heteroatoms. The fourth-order valence-corrected chi connectivity index (χ4v) is 5.32. The standard InChI is InChI=1S/C24H25NO4/c26-22(27)24(16-6-5-7-16)12-13-25(15-24)23(28)29-14-21-19-10-3-1-8-17(19)18-9-2-4-11-20(18)21/h1-4,8-11,16,21H,5-7,12-15H2,(H,26,27). The molecule has 1 N–H and O–H groups in total. The van der Waals surface area contributed by atoms with E-state index >= 15 is 0 Å². The van der Waals surface area contributed by atoms with Crippen molar-refractivity contribution >= 4 is 12.1 Å². The molecule has 2 fully saturated rings. The zero-order valence-electron chi connectivity index (χ0n) is 16.3. The van der Waals surface area contributed by atoms with Crippen LogP contribution in [0.5, 0.6) is 0 Å². The second-order valence-electron chi connectivity index (χ2n) is 8.56. The highest BCUT2D eigenvalue weighted by atomic mass is 16.6. The van der Waals surface area contributed by atoms with Crippen LogP contribution in [0.1, 0.15) is 42.7 Å². The lowest BCUT2D eigenvalue weighted by Gasteiger charge is -2.39. The third-order valence-electron chi connectivity index (χ3n) is 7.21. The average molecular weight is 391 g/mol. The van der Waals surface area contributed by atoms with E-state index in [1.54, 1.807) is 4.90 Å². The molecule has 5 rings (SSSR count). The van der Waals surface area contributed by atoms with Crippen molar-refractivity contribution in [2.45, 2.75) is 31.6 Å². The molecular formula is C24H25NO4. The lowest BCUT2D eigenvalue weighted by molar-refractivity contribution is -0.153. The van der Waals surface area contributed by atoms with Gasteiger partial charge in [0.2, 0.25) is 0 Å². The summed E-state index contributed by atoms with van der Waals surface area (Å²) in [4.78, 5) is 26.4. The maximum Gasteiger partial charge on any atom is 0.409 e. The smallest absolute Gasteiger partial charge is 0.409 e. The molecule has 0 aromatic heterocycles. The summed E-state index contributed by atoms with van der Waals surface area (Å²) < 4.78 is 5.72. The van der Waals surface area contributed by atoms with Crippen molar-refractivity contribution < 1.29 is 19.4 Å². The van der Waals surface area contributed by atoms with Crippen LogP contribution >= 0.6 is 0 Å². The van der Waals surface area contributed by atoms with Crippen molar-refractivity contribution in [3.8, 4) is 11.1 Å². The van der Waals surface area contributed by atoms with E-state index in [4.69, 9.17) is 4.74 Å². The summed E-state index contributed by atoms with van der Waals surface area (Å²) in [5.74, 6) is -0.563. The second kappa shape index (κ2) is 6.90. The van der Waals surface area contributed by atoms with Crippen molar-refractivity contribution in [3.05, 3.63) is 59.7 Å². The van der Waals surface area contributed by atoms with Crippen molar-refractivity contribution in [3.63, 3.8) is 0 Å². The van der Waals surface area contributed by atoms with Crippen molar-refractivity contribution in [2.24, 2.45) is 11.3 Å². The largest absolute Gasteiger partial charge is 0.481 e. The number of nitrogens with zero attached hydrogens (tertiary/aromatic N) is 1. The number of likely N-dealkylation sites (tertiary alicyclic amines) is 1. The van der Waals surface area contributed by atoms with E-state index in [0.717, 1.165) is 19.3 Å². The van der Waals surface area contributed by atoms with Crippen LogP contribution in [0.4, 0.5) is 4.79 Å². The lowest BCUT2D eigenvalue weighted by atomic mass is 9.64. The maximum absolute atomic E-state index is 12.8. The van der Waals surface area contributed by atoms with Crippen LogP contribution in [0.2, 0.25) is 0 Å². The highest BCUT2D eigenvalue weighted by Crippen LogP contribution is 2.48. The van der Waals surface area contributed by atoms with Gasteiger partial charge in [0, 0.05) is 19.0 Å². The van der Waals surface area contributed by atoms with E-state index in [2.05, 4.69) is 24.3 Å². The van der Waals surface area contributed by atoms with Crippen molar-refractivity contribution in [2.75, 3.05) is 19.7 Å². The van der Waals surface area contributed by atoms with E-state index < -0.39 is 17.5 Å². The van der Waals surface area contributed by atoms with E-state index in [1.165, 1.54) is 22.3 Å². The summed E-state index contributed by atoms with van der Waals surface area (Å²) in [5, 5.41) is 9.84. The molecule has 1 amide bonds. The van der Waals surface area contributed by atoms with Crippen LogP contribution < -0.4 is 0 Å². The predicted octanol–water partition coefficient (Wildman–Crippen LogP) is 4.51. The minimum absolute atomic E-state index is 0.0183. The number of hydrogen-bond donors (Lipinski definition) is 1. The number of carbonyl (C=O) groups excluding carboxylic acids is 1. The van der Waals surface area contributed by atoms with Crippen LogP contribution in [0.15, 0.2) is 48.5 Å². The first-order valence-electron chi connectivity index (χ1n) is 10.4. The maximum atomic E-state index is 12.8. The molecule has 29 heavy (non-hydrogen) atoms.